The van der Waals surface area contributed by atoms with E-state index in [4.69, 9.17) is 4.98 Å². The Morgan fingerprint density at radius 2 is 1.77 bits per heavy atom. The highest BCUT2D eigenvalue weighted by atomic mass is 15.2. The molecule has 4 rings (SSSR count). The van der Waals surface area contributed by atoms with Crippen LogP contribution in [0, 0.1) is 0 Å². The molecule has 2 aromatic rings. The summed E-state index contributed by atoms with van der Waals surface area (Å²) in [6.07, 6.45) is 8.61. The van der Waals surface area contributed by atoms with Crippen molar-refractivity contribution in [3.63, 3.8) is 0 Å². The topological polar surface area (TPSA) is 58.0 Å². The van der Waals surface area contributed by atoms with Crippen molar-refractivity contribution < 1.29 is 0 Å². The van der Waals surface area contributed by atoms with Gasteiger partial charge in [-0.15, -0.1) is 0 Å². The van der Waals surface area contributed by atoms with Gasteiger partial charge >= 0.3 is 0 Å². The maximum Gasteiger partial charge on any atom is 0.130 e. The molecule has 0 saturated heterocycles. The maximum absolute atomic E-state index is 4.92. The lowest BCUT2D eigenvalue weighted by Crippen LogP contribution is -2.40. The van der Waals surface area contributed by atoms with Gasteiger partial charge in [0, 0.05) is 74.8 Å². The molecule has 2 aliphatic heterocycles. The number of hydrogen-bond donors (Lipinski definition) is 0. The summed E-state index contributed by atoms with van der Waals surface area (Å²) in [6.45, 7) is 10.8. The molecule has 4 heterocycles. The van der Waals surface area contributed by atoms with Crippen LogP contribution < -0.4 is 0 Å². The van der Waals surface area contributed by atoms with Crippen LogP contribution >= 0.6 is 0 Å². The molecule has 6 heteroatoms. The van der Waals surface area contributed by atoms with E-state index in [2.05, 4.69) is 51.7 Å². The van der Waals surface area contributed by atoms with Crippen molar-refractivity contribution in [2.24, 2.45) is 0 Å². The van der Waals surface area contributed by atoms with E-state index in [1.807, 2.05) is 6.20 Å². The molecule has 1 atom stereocenters. The monoisotopic (exact) mass is 352 g/mol. The Bertz CT molecular complexity index is 775. The van der Waals surface area contributed by atoms with Crippen LogP contribution in [0.5, 0.6) is 0 Å². The summed E-state index contributed by atoms with van der Waals surface area (Å²) >= 11 is 0. The Hall–Kier alpha value is -1.92. The molecule has 0 N–H and O–H groups in total. The third-order valence-electron chi connectivity index (χ3n) is 5.75. The second-order valence-electron chi connectivity index (χ2n) is 7.84. The minimum atomic E-state index is 0.409. The highest BCUT2D eigenvalue weighted by Crippen LogP contribution is 2.21. The van der Waals surface area contributed by atoms with Gasteiger partial charge in [0.05, 0.1) is 5.69 Å². The fraction of sp³-hybridized carbons (Fsp3) is 0.600. The lowest BCUT2D eigenvalue weighted by molar-refractivity contribution is 0.184. The molecule has 0 radical (unpaired) electrons. The molecule has 0 bridgehead atoms. The van der Waals surface area contributed by atoms with E-state index in [0.717, 1.165) is 51.3 Å². The Kier molecular flexibility index (Phi) is 4.96. The zero-order chi connectivity index (χ0) is 18.1. The molecule has 0 fully saturated rings. The van der Waals surface area contributed by atoms with E-state index in [-0.39, 0.29) is 0 Å². The van der Waals surface area contributed by atoms with E-state index in [1.54, 1.807) is 6.33 Å². The lowest BCUT2D eigenvalue weighted by Gasteiger charge is -2.33. The molecule has 0 aliphatic carbocycles. The van der Waals surface area contributed by atoms with E-state index in [0.29, 0.717) is 12.1 Å². The van der Waals surface area contributed by atoms with Crippen molar-refractivity contribution >= 4 is 0 Å². The fourth-order valence-electron chi connectivity index (χ4n) is 3.96. The van der Waals surface area contributed by atoms with Gasteiger partial charge in [-0.3, -0.25) is 9.80 Å². The van der Waals surface area contributed by atoms with Crippen molar-refractivity contribution in [3.8, 4) is 0 Å². The highest BCUT2D eigenvalue weighted by Gasteiger charge is 2.24. The summed E-state index contributed by atoms with van der Waals surface area (Å²) in [5.41, 5.74) is 4.99. The SMILES string of the molecule is CC(C)N1CCc2cnc(CC(C)N3CCc4ncncc4C3)nc2C1. The predicted molar refractivity (Wildman–Crippen MR) is 101 cm³/mol. The van der Waals surface area contributed by atoms with Gasteiger partial charge in [0.2, 0.25) is 0 Å². The minimum absolute atomic E-state index is 0.409. The molecule has 26 heavy (non-hydrogen) atoms. The van der Waals surface area contributed by atoms with E-state index in [9.17, 15) is 0 Å². The lowest BCUT2D eigenvalue weighted by atomic mass is 10.0. The van der Waals surface area contributed by atoms with Crippen LogP contribution in [0.1, 0.15) is 49.1 Å². The number of nitrogens with zero attached hydrogens (tertiary/aromatic N) is 6. The quantitative estimate of drug-likeness (QED) is 0.839. The average molecular weight is 352 g/mol. The Morgan fingerprint density at radius 3 is 2.62 bits per heavy atom. The first-order chi connectivity index (χ1) is 12.6. The second-order valence-corrected chi connectivity index (χ2v) is 7.84. The number of rotatable bonds is 4. The summed E-state index contributed by atoms with van der Waals surface area (Å²) in [5.74, 6) is 0.969. The van der Waals surface area contributed by atoms with Gasteiger partial charge in [0.25, 0.3) is 0 Å². The molecule has 138 valence electrons. The Labute approximate surface area is 155 Å². The van der Waals surface area contributed by atoms with Gasteiger partial charge in [-0.25, -0.2) is 19.9 Å². The van der Waals surface area contributed by atoms with Crippen molar-refractivity contribution in [1.82, 2.24) is 29.7 Å². The van der Waals surface area contributed by atoms with Crippen LogP contribution in [0.3, 0.4) is 0 Å². The highest BCUT2D eigenvalue weighted by molar-refractivity contribution is 5.22. The second kappa shape index (κ2) is 7.37. The van der Waals surface area contributed by atoms with Crippen LogP contribution in [0.15, 0.2) is 18.7 Å². The van der Waals surface area contributed by atoms with E-state index >= 15 is 0 Å². The summed E-state index contributed by atoms with van der Waals surface area (Å²) in [6, 6.07) is 0.974. The third kappa shape index (κ3) is 3.62. The minimum Gasteiger partial charge on any atom is -0.295 e. The van der Waals surface area contributed by atoms with Gasteiger partial charge in [-0.05, 0) is 32.8 Å². The first-order valence-corrected chi connectivity index (χ1v) is 9.69. The summed E-state index contributed by atoms with van der Waals surface area (Å²) in [5, 5.41) is 0. The normalized spacial score (nSPS) is 19.2. The molecular formula is C20H28N6. The zero-order valence-corrected chi connectivity index (χ0v) is 16.0. The fourth-order valence-corrected chi connectivity index (χ4v) is 3.96. The smallest absolute Gasteiger partial charge is 0.130 e. The molecule has 1 unspecified atom stereocenters. The van der Waals surface area contributed by atoms with Crippen molar-refractivity contribution in [2.45, 2.75) is 65.2 Å². The van der Waals surface area contributed by atoms with Crippen molar-refractivity contribution in [2.75, 3.05) is 13.1 Å². The van der Waals surface area contributed by atoms with Gasteiger partial charge in [-0.1, -0.05) is 0 Å². The van der Waals surface area contributed by atoms with Gasteiger partial charge in [0.15, 0.2) is 0 Å². The standard InChI is InChI=1S/C20H28N6/c1-14(2)25-6-4-16-10-22-20(24-19(16)12-25)8-15(3)26-7-5-18-17(11-26)9-21-13-23-18/h9-10,13-15H,4-8,11-12H2,1-3H3. The molecule has 0 spiro atoms. The van der Waals surface area contributed by atoms with Crippen LogP contribution in [0.4, 0.5) is 0 Å². The number of hydrogen-bond acceptors (Lipinski definition) is 6. The predicted octanol–water partition coefficient (Wildman–Crippen LogP) is 2.02. The number of fused-ring (bicyclic) bond motifs is 2. The van der Waals surface area contributed by atoms with Crippen LogP contribution in [-0.4, -0.2) is 54.9 Å². The molecule has 0 aromatic carbocycles. The summed E-state index contributed by atoms with van der Waals surface area (Å²) < 4.78 is 0. The van der Waals surface area contributed by atoms with Crippen LogP contribution in [0.2, 0.25) is 0 Å². The molecule has 0 saturated carbocycles. The summed E-state index contributed by atoms with van der Waals surface area (Å²) in [7, 11) is 0. The largest absolute Gasteiger partial charge is 0.295 e. The van der Waals surface area contributed by atoms with Crippen molar-refractivity contribution in [3.05, 3.63) is 47.1 Å². The zero-order valence-electron chi connectivity index (χ0n) is 16.0. The molecular weight excluding hydrogens is 324 g/mol. The van der Waals surface area contributed by atoms with E-state index in [1.165, 1.54) is 22.5 Å². The van der Waals surface area contributed by atoms with Gasteiger partial charge < -0.3 is 0 Å². The first-order valence-electron chi connectivity index (χ1n) is 9.69. The first kappa shape index (κ1) is 17.5. The maximum atomic E-state index is 4.92. The van der Waals surface area contributed by atoms with Gasteiger partial charge in [0.1, 0.15) is 12.2 Å². The molecule has 6 nitrogen and oxygen atoms in total. The third-order valence-corrected chi connectivity index (χ3v) is 5.75. The molecule has 0 amide bonds. The van der Waals surface area contributed by atoms with Crippen LogP contribution in [0.25, 0.3) is 0 Å². The van der Waals surface area contributed by atoms with Gasteiger partial charge in [-0.2, -0.15) is 0 Å². The average Bonchev–Trinajstić information content (AvgIpc) is 2.67. The van der Waals surface area contributed by atoms with Crippen molar-refractivity contribution in [1.29, 1.82) is 0 Å². The Balaban J connectivity index is 1.44. The van der Waals surface area contributed by atoms with E-state index < -0.39 is 0 Å². The Morgan fingerprint density at radius 1 is 0.923 bits per heavy atom. The summed E-state index contributed by atoms with van der Waals surface area (Å²) in [4.78, 5) is 23.1. The van der Waals surface area contributed by atoms with Crippen LogP contribution in [-0.2, 0) is 32.4 Å². The molecule has 2 aliphatic rings. The molecule has 2 aromatic heterocycles. The number of aromatic nitrogens is 4.